The molecule has 1 N–H and O–H groups in total. The molecule has 0 aromatic heterocycles. The van der Waals surface area contributed by atoms with Crippen molar-refractivity contribution < 1.29 is 4.79 Å². The molecule has 0 spiro atoms. The van der Waals surface area contributed by atoms with Gasteiger partial charge in [-0.25, -0.2) is 0 Å². The van der Waals surface area contributed by atoms with Crippen molar-refractivity contribution in [2.75, 3.05) is 11.1 Å². The molecule has 1 aromatic carbocycles. The van der Waals surface area contributed by atoms with Crippen LogP contribution >= 0.6 is 27.7 Å². The van der Waals surface area contributed by atoms with Gasteiger partial charge < -0.3 is 5.32 Å². The maximum Gasteiger partial charge on any atom is 0.230 e. The summed E-state index contributed by atoms with van der Waals surface area (Å²) in [5.41, 5.74) is 0. The minimum atomic E-state index is 0.0944. The lowest BCUT2D eigenvalue weighted by atomic mass is 10.1. The topological polar surface area (TPSA) is 29.1 Å². The molecule has 17 heavy (non-hydrogen) atoms. The Morgan fingerprint density at radius 1 is 1.35 bits per heavy atom. The van der Waals surface area contributed by atoms with Gasteiger partial charge in [0.15, 0.2) is 0 Å². The van der Waals surface area contributed by atoms with E-state index in [0.717, 1.165) is 10.2 Å². The third-order valence-corrected chi connectivity index (χ3v) is 4.14. The number of alkyl halides is 1. The molecule has 0 saturated heterocycles. The van der Waals surface area contributed by atoms with Crippen LogP contribution in [-0.4, -0.2) is 23.0 Å². The molecule has 0 radical (unpaired) electrons. The monoisotopic (exact) mass is 315 g/mol. The Labute approximate surface area is 116 Å². The largest absolute Gasteiger partial charge is 0.352 e. The lowest BCUT2D eigenvalue weighted by Gasteiger charge is -2.19. The summed E-state index contributed by atoms with van der Waals surface area (Å²) < 4.78 is 0. The molecular formula is C13H18BrNOS. The summed E-state index contributed by atoms with van der Waals surface area (Å²) in [6.07, 6.45) is 0. The van der Waals surface area contributed by atoms with Crippen LogP contribution in [0.4, 0.5) is 0 Å². The van der Waals surface area contributed by atoms with Crippen molar-refractivity contribution in [1.82, 2.24) is 5.32 Å². The van der Waals surface area contributed by atoms with E-state index in [0.29, 0.717) is 11.7 Å². The third kappa shape index (κ3) is 5.59. The van der Waals surface area contributed by atoms with Crippen LogP contribution in [0.1, 0.15) is 13.8 Å². The highest BCUT2D eigenvalue weighted by molar-refractivity contribution is 9.09. The van der Waals surface area contributed by atoms with Crippen LogP contribution in [0.2, 0.25) is 0 Å². The minimum absolute atomic E-state index is 0.0944. The zero-order chi connectivity index (χ0) is 12.7. The molecule has 4 heteroatoms. The van der Waals surface area contributed by atoms with E-state index < -0.39 is 0 Å². The second-order valence-electron chi connectivity index (χ2n) is 4.17. The molecule has 0 saturated carbocycles. The molecule has 0 fully saturated rings. The smallest absolute Gasteiger partial charge is 0.230 e. The molecule has 1 atom stereocenters. The maximum atomic E-state index is 11.7. The lowest BCUT2D eigenvalue weighted by molar-refractivity contribution is -0.119. The average molecular weight is 316 g/mol. The third-order valence-electron chi connectivity index (χ3n) is 2.43. The van der Waals surface area contributed by atoms with Crippen LogP contribution in [0.5, 0.6) is 0 Å². The predicted octanol–water partition coefficient (Wildman–Crippen LogP) is 3.31. The number of halogens is 1. The fourth-order valence-electron chi connectivity index (χ4n) is 1.30. The Balaban J connectivity index is 2.35. The number of amides is 1. The van der Waals surface area contributed by atoms with Gasteiger partial charge in [0.1, 0.15) is 0 Å². The van der Waals surface area contributed by atoms with Gasteiger partial charge in [-0.3, -0.25) is 4.79 Å². The van der Waals surface area contributed by atoms with Gasteiger partial charge in [-0.2, -0.15) is 0 Å². The van der Waals surface area contributed by atoms with E-state index in [4.69, 9.17) is 0 Å². The first-order valence-electron chi connectivity index (χ1n) is 5.66. The molecule has 0 aliphatic carbocycles. The van der Waals surface area contributed by atoms with Gasteiger partial charge in [-0.1, -0.05) is 48.0 Å². The second-order valence-corrected chi connectivity index (χ2v) is 5.87. The highest BCUT2D eigenvalue weighted by atomic mass is 79.9. The average Bonchev–Trinajstić information content (AvgIpc) is 2.34. The van der Waals surface area contributed by atoms with Gasteiger partial charge in [0, 0.05) is 16.3 Å². The Morgan fingerprint density at radius 3 is 2.53 bits per heavy atom. The molecule has 0 heterocycles. The summed E-state index contributed by atoms with van der Waals surface area (Å²) in [4.78, 5) is 12.9. The quantitative estimate of drug-likeness (QED) is 0.644. The van der Waals surface area contributed by atoms with E-state index in [2.05, 4.69) is 35.1 Å². The molecule has 0 aliphatic heterocycles. The zero-order valence-corrected chi connectivity index (χ0v) is 12.6. The molecule has 2 nitrogen and oxygen atoms in total. The Bertz CT molecular complexity index is 343. The van der Waals surface area contributed by atoms with E-state index >= 15 is 0 Å². The van der Waals surface area contributed by atoms with E-state index in [1.807, 2.05) is 30.3 Å². The van der Waals surface area contributed by atoms with Crippen LogP contribution in [0, 0.1) is 5.92 Å². The van der Waals surface area contributed by atoms with Crippen molar-refractivity contribution in [3.05, 3.63) is 30.3 Å². The normalized spacial score (nSPS) is 12.5. The summed E-state index contributed by atoms with van der Waals surface area (Å²) in [5, 5.41) is 3.83. The summed E-state index contributed by atoms with van der Waals surface area (Å²) in [6.45, 7) is 4.22. The van der Waals surface area contributed by atoms with Crippen LogP contribution in [0.25, 0.3) is 0 Å². The van der Waals surface area contributed by atoms with Crippen molar-refractivity contribution in [2.24, 2.45) is 5.92 Å². The standard InChI is InChI=1S/C13H18BrNOS/c1-10(2)12(8-14)15-13(16)9-17-11-6-4-3-5-7-11/h3-7,10,12H,8-9H2,1-2H3,(H,15,16). The van der Waals surface area contributed by atoms with Crippen LogP contribution < -0.4 is 5.32 Å². The molecule has 1 rings (SSSR count). The van der Waals surface area contributed by atoms with Crippen LogP contribution in [0.3, 0.4) is 0 Å². The van der Waals surface area contributed by atoms with Crippen LogP contribution in [0.15, 0.2) is 35.2 Å². The Kier molecular flexibility index (Phi) is 6.66. The Morgan fingerprint density at radius 2 is 2.00 bits per heavy atom. The second kappa shape index (κ2) is 7.77. The number of nitrogens with one attached hydrogen (secondary N) is 1. The zero-order valence-electron chi connectivity index (χ0n) is 10.2. The molecule has 1 amide bonds. The van der Waals surface area contributed by atoms with Gasteiger partial charge in [-0.15, -0.1) is 11.8 Å². The molecule has 1 unspecified atom stereocenters. The van der Waals surface area contributed by atoms with E-state index in [1.165, 1.54) is 0 Å². The van der Waals surface area contributed by atoms with Crippen LogP contribution in [-0.2, 0) is 4.79 Å². The number of hydrogen-bond acceptors (Lipinski definition) is 2. The van der Waals surface area contributed by atoms with Crippen molar-refractivity contribution >= 4 is 33.6 Å². The Hall–Kier alpha value is -0.480. The molecule has 0 aliphatic rings. The van der Waals surface area contributed by atoms with Gasteiger partial charge in [0.25, 0.3) is 0 Å². The van der Waals surface area contributed by atoms with Gasteiger partial charge in [0.05, 0.1) is 5.75 Å². The fourth-order valence-corrected chi connectivity index (χ4v) is 2.94. The maximum absolute atomic E-state index is 11.7. The molecule has 94 valence electrons. The number of benzene rings is 1. The predicted molar refractivity (Wildman–Crippen MR) is 77.7 cm³/mol. The van der Waals surface area contributed by atoms with Gasteiger partial charge >= 0.3 is 0 Å². The number of rotatable bonds is 6. The molecular weight excluding hydrogens is 298 g/mol. The minimum Gasteiger partial charge on any atom is -0.352 e. The number of carbonyl (C=O) groups excluding carboxylic acids is 1. The fraction of sp³-hybridized carbons (Fsp3) is 0.462. The summed E-state index contributed by atoms with van der Waals surface area (Å²) in [7, 11) is 0. The first kappa shape index (κ1) is 14.6. The van der Waals surface area contributed by atoms with E-state index in [9.17, 15) is 4.79 Å². The summed E-state index contributed by atoms with van der Waals surface area (Å²) in [6, 6.07) is 10.2. The highest BCUT2D eigenvalue weighted by Gasteiger charge is 2.14. The van der Waals surface area contributed by atoms with E-state index in [1.54, 1.807) is 11.8 Å². The van der Waals surface area contributed by atoms with Crippen molar-refractivity contribution in [1.29, 1.82) is 0 Å². The highest BCUT2D eigenvalue weighted by Crippen LogP contribution is 2.16. The molecule has 0 bridgehead atoms. The SMILES string of the molecule is CC(C)C(CBr)NC(=O)CSc1ccccc1. The first-order chi connectivity index (χ1) is 8.13. The van der Waals surface area contributed by atoms with Gasteiger partial charge in [0.2, 0.25) is 5.91 Å². The van der Waals surface area contributed by atoms with Crippen molar-refractivity contribution in [3.8, 4) is 0 Å². The van der Waals surface area contributed by atoms with Gasteiger partial charge in [-0.05, 0) is 18.1 Å². The number of carbonyl (C=O) groups is 1. The van der Waals surface area contributed by atoms with Crippen molar-refractivity contribution in [3.63, 3.8) is 0 Å². The number of hydrogen-bond donors (Lipinski definition) is 1. The summed E-state index contributed by atoms with van der Waals surface area (Å²) >= 11 is 4.98. The number of thioether (sulfide) groups is 1. The van der Waals surface area contributed by atoms with E-state index in [-0.39, 0.29) is 11.9 Å². The lowest BCUT2D eigenvalue weighted by Crippen LogP contribution is -2.40. The summed E-state index contributed by atoms with van der Waals surface area (Å²) in [5.74, 6) is 1.01. The first-order valence-corrected chi connectivity index (χ1v) is 7.77. The molecule has 1 aromatic rings. The van der Waals surface area contributed by atoms with Crippen molar-refractivity contribution in [2.45, 2.75) is 24.8 Å².